The van der Waals surface area contributed by atoms with Gasteiger partial charge >= 0.3 is 6.09 Å². The standard InChI is InChI=1S/C18H26N2O4S/c1-5-23-14-8-6-13(7-9-14)16-20(15(21)12-25-16)11-10-19-17(22)24-18(2,3)4/h6-9,16H,5,10-12H2,1-4H3,(H,19,22). The average Bonchev–Trinajstić information content (AvgIpc) is 2.88. The van der Waals surface area contributed by atoms with Gasteiger partial charge in [0.25, 0.3) is 0 Å². The molecular formula is C18H26N2O4S. The highest BCUT2D eigenvalue weighted by atomic mass is 32.2. The predicted octanol–water partition coefficient (Wildman–Crippen LogP) is 3.18. The molecule has 1 heterocycles. The number of amides is 2. The van der Waals surface area contributed by atoms with Gasteiger partial charge in [0.05, 0.1) is 12.4 Å². The summed E-state index contributed by atoms with van der Waals surface area (Å²) in [6, 6.07) is 7.80. The third-order valence-electron chi connectivity index (χ3n) is 3.47. The summed E-state index contributed by atoms with van der Waals surface area (Å²) < 4.78 is 10.7. The van der Waals surface area contributed by atoms with Crippen LogP contribution in [0.25, 0.3) is 0 Å². The Bertz CT molecular complexity index is 598. The number of hydrogen-bond acceptors (Lipinski definition) is 5. The molecule has 0 aliphatic carbocycles. The van der Waals surface area contributed by atoms with Crippen molar-refractivity contribution in [2.75, 3.05) is 25.4 Å². The lowest BCUT2D eigenvalue weighted by Gasteiger charge is -2.25. The van der Waals surface area contributed by atoms with Gasteiger partial charge in [0.1, 0.15) is 16.7 Å². The van der Waals surface area contributed by atoms with E-state index in [9.17, 15) is 9.59 Å². The SMILES string of the molecule is CCOc1ccc(C2SCC(=O)N2CCNC(=O)OC(C)(C)C)cc1. The second-order valence-electron chi connectivity index (χ2n) is 6.68. The number of hydrogen-bond donors (Lipinski definition) is 1. The Hall–Kier alpha value is -1.89. The van der Waals surface area contributed by atoms with Gasteiger partial charge in [-0.05, 0) is 45.4 Å². The van der Waals surface area contributed by atoms with Gasteiger partial charge in [-0.3, -0.25) is 4.79 Å². The third kappa shape index (κ3) is 5.85. The van der Waals surface area contributed by atoms with E-state index in [1.165, 1.54) is 0 Å². The number of ether oxygens (including phenoxy) is 2. The van der Waals surface area contributed by atoms with Gasteiger partial charge in [-0.15, -0.1) is 11.8 Å². The second kappa shape index (κ2) is 8.47. The average molecular weight is 366 g/mol. The summed E-state index contributed by atoms with van der Waals surface area (Å²) in [6.07, 6.45) is -0.468. The van der Waals surface area contributed by atoms with E-state index in [1.807, 2.05) is 52.0 Å². The molecule has 6 nitrogen and oxygen atoms in total. The Morgan fingerprint density at radius 1 is 1.32 bits per heavy atom. The van der Waals surface area contributed by atoms with Gasteiger partial charge in [-0.1, -0.05) is 12.1 Å². The van der Waals surface area contributed by atoms with E-state index in [4.69, 9.17) is 9.47 Å². The molecule has 138 valence electrons. The van der Waals surface area contributed by atoms with Crippen molar-refractivity contribution in [3.05, 3.63) is 29.8 Å². The minimum atomic E-state index is -0.533. The van der Waals surface area contributed by atoms with Crippen LogP contribution < -0.4 is 10.1 Å². The smallest absolute Gasteiger partial charge is 0.407 e. The van der Waals surface area contributed by atoms with Crippen LogP contribution in [0, 0.1) is 0 Å². The molecule has 0 radical (unpaired) electrons. The number of benzene rings is 1. The fraction of sp³-hybridized carbons (Fsp3) is 0.556. The predicted molar refractivity (Wildman–Crippen MR) is 98.8 cm³/mol. The van der Waals surface area contributed by atoms with Gasteiger partial charge in [0.15, 0.2) is 0 Å². The second-order valence-corrected chi connectivity index (χ2v) is 7.75. The highest BCUT2D eigenvalue weighted by Gasteiger charge is 2.32. The Labute approximate surface area is 153 Å². The largest absolute Gasteiger partial charge is 0.494 e. The fourth-order valence-electron chi connectivity index (χ4n) is 2.46. The van der Waals surface area contributed by atoms with Crippen LogP contribution in [0.5, 0.6) is 5.75 Å². The van der Waals surface area contributed by atoms with E-state index in [0.29, 0.717) is 25.4 Å². The molecule has 1 N–H and O–H groups in total. The van der Waals surface area contributed by atoms with E-state index >= 15 is 0 Å². The van der Waals surface area contributed by atoms with E-state index < -0.39 is 11.7 Å². The summed E-state index contributed by atoms with van der Waals surface area (Å²) in [4.78, 5) is 25.7. The molecule has 25 heavy (non-hydrogen) atoms. The number of thioether (sulfide) groups is 1. The van der Waals surface area contributed by atoms with Crippen molar-refractivity contribution in [2.24, 2.45) is 0 Å². The zero-order chi connectivity index (χ0) is 18.4. The summed E-state index contributed by atoms with van der Waals surface area (Å²) in [6.45, 7) is 8.81. The zero-order valence-electron chi connectivity index (χ0n) is 15.2. The number of nitrogens with zero attached hydrogens (tertiary/aromatic N) is 1. The van der Waals surface area contributed by atoms with Crippen LogP contribution in [0.4, 0.5) is 4.79 Å². The number of rotatable bonds is 6. The van der Waals surface area contributed by atoms with E-state index in [1.54, 1.807) is 16.7 Å². The van der Waals surface area contributed by atoms with Gasteiger partial charge in [-0.25, -0.2) is 4.79 Å². The number of nitrogens with one attached hydrogen (secondary N) is 1. The van der Waals surface area contributed by atoms with Gasteiger partial charge < -0.3 is 19.7 Å². The zero-order valence-corrected chi connectivity index (χ0v) is 16.0. The first-order chi connectivity index (χ1) is 11.8. The van der Waals surface area contributed by atoms with Crippen LogP contribution in [0.15, 0.2) is 24.3 Å². The Morgan fingerprint density at radius 2 is 2.00 bits per heavy atom. The summed E-state index contributed by atoms with van der Waals surface area (Å²) in [5.74, 6) is 1.35. The van der Waals surface area contributed by atoms with Crippen molar-refractivity contribution >= 4 is 23.8 Å². The first-order valence-electron chi connectivity index (χ1n) is 8.41. The first kappa shape index (κ1) is 19.4. The summed E-state index contributed by atoms with van der Waals surface area (Å²) in [7, 11) is 0. The van der Waals surface area contributed by atoms with E-state index in [-0.39, 0.29) is 11.3 Å². The van der Waals surface area contributed by atoms with Crippen LogP contribution in [-0.4, -0.2) is 48.0 Å². The monoisotopic (exact) mass is 366 g/mol. The van der Waals surface area contributed by atoms with Gasteiger partial charge in [0, 0.05) is 13.1 Å². The number of alkyl carbamates (subject to hydrolysis) is 1. The van der Waals surface area contributed by atoms with Crippen molar-refractivity contribution in [1.29, 1.82) is 0 Å². The summed E-state index contributed by atoms with van der Waals surface area (Å²) >= 11 is 1.59. The molecule has 1 atom stereocenters. The molecule has 0 saturated carbocycles. The minimum Gasteiger partial charge on any atom is -0.494 e. The lowest BCUT2D eigenvalue weighted by atomic mass is 10.2. The first-order valence-corrected chi connectivity index (χ1v) is 9.45. The molecule has 1 aliphatic heterocycles. The van der Waals surface area contributed by atoms with E-state index in [2.05, 4.69) is 5.32 Å². The van der Waals surface area contributed by atoms with Crippen molar-refractivity contribution in [1.82, 2.24) is 10.2 Å². The molecule has 1 aromatic rings. The topological polar surface area (TPSA) is 67.9 Å². The Balaban J connectivity index is 1.91. The minimum absolute atomic E-state index is 0.0383. The summed E-state index contributed by atoms with van der Waals surface area (Å²) in [5, 5.41) is 2.66. The van der Waals surface area contributed by atoms with Crippen LogP contribution in [0.2, 0.25) is 0 Å². The molecule has 0 spiro atoms. The fourth-order valence-corrected chi connectivity index (χ4v) is 3.68. The molecule has 1 unspecified atom stereocenters. The molecule has 1 aromatic carbocycles. The lowest BCUT2D eigenvalue weighted by molar-refractivity contribution is -0.128. The van der Waals surface area contributed by atoms with Crippen molar-refractivity contribution in [3.8, 4) is 5.75 Å². The molecule has 2 amide bonds. The van der Waals surface area contributed by atoms with Crippen LogP contribution in [0.1, 0.15) is 38.6 Å². The number of carbonyl (C=O) groups is 2. The number of carbonyl (C=O) groups excluding carboxylic acids is 2. The summed E-state index contributed by atoms with van der Waals surface area (Å²) in [5.41, 5.74) is 0.519. The highest BCUT2D eigenvalue weighted by molar-refractivity contribution is 8.00. The molecule has 1 fully saturated rings. The van der Waals surface area contributed by atoms with E-state index in [0.717, 1.165) is 11.3 Å². The van der Waals surface area contributed by atoms with Crippen LogP contribution in [0.3, 0.4) is 0 Å². The van der Waals surface area contributed by atoms with Crippen molar-refractivity contribution < 1.29 is 19.1 Å². The molecule has 2 rings (SSSR count). The molecule has 7 heteroatoms. The molecular weight excluding hydrogens is 340 g/mol. The maximum atomic E-state index is 12.2. The van der Waals surface area contributed by atoms with Crippen molar-refractivity contribution in [3.63, 3.8) is 0 Å². The van der Waals surface area contributed by atoms with Crippen molar-refractivity contribution in [2.45, 2.75) is 38.7 Å². The molecule has 0 aromatic heterocycles. The molecule has 1 saturated heterocycles. The highest BCUT2D eigenvalue weighted by Crippen LogP contribution is 2.38. The third-order valence-corrected chi connectivity index (χ3v) is 4.72. The maximum absolute atomic E-state index is 12.2. The lowest BCUT2D eigenvalue weighted by Crippen LogP contribution is -2.39. The van der Waals surface area contributed by atoms with Crippen LogP contribution >= 0.6 is 11.8 Å². The Kier molecular flexibility index (Phi) is 6.58. The quantitative estimate of drug-likeness (QED) is 0.837. The van der Waals surface area contributed by atoms with Crippen LogP contribution in [-0.2, 0) is 9.53 Å². The Morgan fingerprint density at radius 3 is 2.60 bits per heavy atom. The molecule has 0 bridgehead atoms. The van der Waals surface area contributed by atoms with Gasteiger partial charge in [-0.2, -0.15) is 0 Å². The van der Waals surface area contributed by atoms with Gasteiger partial charge in [0.2, 0.25) is 5.91 Å². The molecule has 1 aliphatic rings. The maximum Gasteiger partial charge on any atom is 0.407 e. The normalized spacial score (nSPS) is 17.5.